The third-order valence-electron chi connectivity index (χ3n) is 1.34. The van der Waals surface area contributed by atoms with Gasteiger partial charge in [-0.3, -0.25) is 4.79 Å². The number of halogens is 1. The number of amides is 1. The van der Waals surface area contributed by atoms with Crippen molar-refractivity contribution >= 4 is 18.3 Å². The number of hydrogen-bond donors (Lipinski definition) is 2. The number of rotatable bonds is 2. The summed E-state index contributed by atoms with van der Waals surface area (Å²) in [4.78, 5) is 10.9. The Morgan fingerprint density at radius 2 is 2.42 bits per heavy atom. The topological polar surface area (TPSA) is 68.3 Å². The summed E-state index contributed by atoms with van der Waals surface area (Å²) >= 11 is 0. The molecule has 0 aliphatic heterocycles. The Kier molecular flexibility index (Phi) is 4.39. The number of nitrogens with one attached hydrogen (secondary N) is 1. The van der Waals surface area contributed by atoms with Gasteiger partial charge in [-0.1, -0.05) is 0 Å². The minimum absolute atomic E-state index is 0. The van der Waals surface area contributed by atoms with Crippen LogP contribution in [-0.4, -0.2) is 13.0 Å². The zero-order valence-corrected chi connectivity index (χ0v) is 7.48. The van der Waals surface area contributed by atoms with Gasteiger partial charge in [0.25, 0.3) is 5.91 Å². The van der Waals surface area contributed by atoms with Crippen LogP contribution < -0.4 is 11.1 Å². The fraction of sp³-hybridized carbons (Fsp3) is 0.286. The molecule has 0 aliphatic carbocycles. The van der Waals surface area contributed by atoms with Crippen molar-refractivity contribution in [2.75, 3.05) is 7.05 Å². The average molecular weight is 191 g/mol. The van der Waals surface area contributed by atoms with Crippen LogP contribution in [0.1, 0.15) is 16.1 Å². The van der Waals surface area contributed by atoms with Crippen LogP contribution in [0.5, 0.6) is 0 Å². The lowest BCUT2D eigenvalue weighted by Gasteiger charge is -1.90. The van der Waals surface area contributed by atoms with Crippen molar-refractivity contribution in [1.82, 2.24) is 5.32 Å². The molecule has 1 rings (SSSR count). The van der Waals surface area contributed by atoms with E-state index >= 15 is 0 Å². The molecular weight excluding hydrogens is 180 g/mol. The molecule has 0 aromatic carbocycles. The fourth-order valence-electron chi connectivity index (χ4n) is 0.751. The SMILES string of the molecule is CNC(=O)c1coc(CN)c1.Cl. The zero-order valence-electron chi connectivity index (χ0n) is 6.66. The van der Waals surface area contributed by atoms with Gasteiger partial charge in [-0.15, -0.1) is 12.4 Å². The van der Waals surface area contributed by atoms with E-state index in [4.69, 9.17) is 10.2 Å². The van der Waals surface area contributed by atoms with Gasteiger partial charge in [0.1, 0.15) is 12.0 Å². The van der Waals surface area contributed by atoms with Crippen molar-refractivity contribution in [3.05, 3.63) is 23.7 Å². The molecule has 0 saturated heterocycles. The molecule has 0 fully saturated rings. The summed E-state index contributed by atoms with van der Waals surface area (Å²) in [5.74, 6) is 0.456. The molecule has 4 nitrogen and oxygen atoms in total. The van der Waals surface area contributed by atoms with Gasteiger partial charge in [0, 0.05) is 7.05 Å². The molecular formula is C7H11ClN2O2. The van der Waals surface area contributed by atoms with E-state index in [-0.39, 0.29) is 18.3 Å². The van der Waals surface area contributed by atoms with E-state index < -0.39 is 0 Å². The Hall–Kier alpha value is -1.00. The third kappa shape index (κ3) is 2.25. The summed E-state index contributed by atoms with van der Waals surface area (Å²) in [7, 11) is 1.57. The van der Waals surface area contributed by atoms with E-state index in [2.05, 4.69) is 5.32 Å². The maximum absolute atomic E-state index is 10.9. The van der Waals surface area contributed by atoms with Crippen molar-refractivity contribution in [3.8, 4) is 0 Å². The molecule has 0 saturated carbocycles. The molecule has 0 unspecified atom stereocenters. The van der Waals surface area contributed by atoms with Gasteiger partial charge in [0.15, 0.2) is 0 Å². The minimum atomic E-state index is -0.159. The largest absolute Gasteiger partial charge is 0.467 e. The Balaban J connectivity index is 0.00000121. The number of furan rings is 1. The molecule has 1 heterocycles. The van der Waals surface area contributed by atoms with Crippen LogP contribution in [0.2, 0.25) is 0 Å². The van der Waals surface area contributed by atoms with Crippen LogP contribution in [0.4, 0.5) is 0 Å². The summed E-state index contributed by atoms with van der Waals surface area (Å²) in [6.07, 6.45) is 1.39. The highest BCUT2D eigenvalue weighted by Crippen LogP contribution is 2.05. The second-order valence-corrected chi connectivity index (χ2v) is 2.08. The van der Waals surface area contributed by atoms with Gasteiger partial charge in [-0.2, -0.15) is 0 Å². The van der Waals surface area contributed by atoms with Crippen LogP contribution in [0, 0.1) is 0 Å². The lowest BCUT2D eigenvalue weighted by Crippen LogP contribution is -2.16. The van der Waals surface area contributed by atoms with Crippen LogP contribution >= 0.6 is 12.4 Å². The van der Waals surface area contributed by atoms with E-state index in [9.17, 15) is 4.79 Å². The van der Waals surface area contributed by atoms with Crippen LogP contribution in [-0.2, 0) is 6.54 Å². The van der Waals surface area contributed by atoms with E-state index in [1.807, 2.05) is 0 Å². The van der Waals surface area contributed by atoms with Gasteiger partial charge in [0.05, 0.1) is 12.1 Å². The Labute approximate surface area is 76.5 Å². The maximum Gasteiger partial charge on any atom is 0.254 e. The standard InChI is InChI=1S/C7H10N2O2.ClH/c1-9-7(10)5-2-6(3-8)11-4-5;/h2,4H,3,8H2,1H3,(H,9,10);1H. The third-order valence-corrected chi connectivity index (χ3v) is 1.34. The summed E-state index contributed by atoms with van der Waals surface area (Å²) < 4.78 is 4.95. The highest BCUT2D eigenvalue weighted by molar-refractivity contribution is 5.93. The van der Waals surface area contributed by atoms with Crippen molar-refractivity contribution < 1.29 is 9.21 Å². The quantitative estimate of drug-likeness (QED) is 0.715. The second-order valence-electron chi connectivity index (χ2n) is 2.08. The van der Waals surface area contributed by atoms with Crippen molar-refractivity contribution in [1.29, 1.82) is 0 Å². The van der Waals surface area contributed by atoms with Crippen molar-refractivity contribution in [2.45, 2.75) is 6.54 Å². The van der Waals surface area contributed by atoms with E-state index in [0.29, 0.717) is 17.9 Å². The van der Waals surface area contributed by atoms with E-state index in [0.717, 1.165) is 0 Å². The fourth-order valence-corrected chi connectivity index (χ4v) is 0.751. The second kappa shape index (κ2) is 4.79. The first kappa shape index (κ1) is 11.0. The summed E-state index contributed by atoms with van der Waals surface area (Å²) in [6.45, 7) is 0.316. The van der Waals surface area contributed by atoms with Gasteiger partial charge in [-0.25, -0.2) is 0 Å². The Morgan fingerprint density at radius 1 is 1.75 bits per heavy atom. The Morgan fingerprint density at radius 3 is 2.83 bits per heavy atom. The molecule has 0 spiro atoms. The maximum atomic E-state index is 10.9. The average Bonchev–Trinajstić information content (AvgIpc) is 2.50. The predicted octanol–water partition coefficient (Wildman–Crippen LogP) is 0.520. The number of nitrogens with two attached hydrogens (primary N) is 1. The number of carbonyl (C=O) groups excluding carboxylic acids is 1. The summed E-state index contributed by atoms with van der Waals surface area (Å²) in [5, 5.41) is 2.48. The van der Waals surface area contributed by atoms with Gasteiger partial charge in [0.2, 0.25) is 0 Å². The molecule has 1 amide bonds. The van der Waals surface area contributed by atoms with Gasteiger partial charge >= 0.3 is 0 Å². The molecule has 0 radical (unpaired) electrons. The molecule has 0 bridgehead atoms. The molecule has 3 N–H and O–H groups in total. The molecule has 12 heavy (non-hydrogen) atoms. The summed E-state index contributed by atoms with van der Waals surface area (Å²) in [6, 6.07) is 1.62. The predicted molar refractivity (Wildman–Crippen MR) is 47.2 cm³/mol. The van der Waals surface area contributed by atoms with Crippen LogP contribution in [0.3, 0.4) is 0 Å². The number of carbonyl (C=O) groups is 1. The van der Waals surface area contributed by atoms with Crippen molar-refractivity contribution in [2.24, 2.45) is 5.73 Å². The summed E-state index contributed by atoms with van der Waals surface area (Å²) in [5.41, 5.74) is 5.79. The zero-order chi connectivity index (χ0) is 8.27. The van der Waals surface area contributed by atoms with E-state index in [1.54, 1.807) is 13.1 Å². The molecule has 0 aliphatic rings. The first-order valence-electron chi connectivity index (χ1n) is 3.27. The molecule has 1 aromatic heterocycles. The minimum Gasteiger partial charge on any atom is -0.467 e. The monoisotopic (exact) mass is 190 g/mol. The van der Waals surface area contributed by atoms with Crippen LogP contribution in [0.15, 0.2) is 16.7 Å². The lowest BCUT2D eigenvalue weighted by atomic mass is 10.3. The number of hydrogen-bond acceptors (Lipinski definition) is 3. The highest BCUT2D eigenvalue weighted by Gasteiger charge is 2.06. The molecule has 5 heteroatoms. The normalized spacial score (nSPS) is 8.83. The molecule has 1 aromatic rings. The molecule has 0 atom stereocenters. The smallest absolute Gasteiger partial charge is 0.254 e. The van der Waals surface area contributed by atoms with Crippen molar-refractivity contribution in [3.63, 3.8) is 0 Å². The van der Waals surface area contributed by atoms with Crippen LogP contribution in [0.25, 0.3) is 0 Å². The lowest BCUT2D eigenvalue weighted by molar-refractivity contribution is 0.0962. The van der Waals surface area contributed by atoms with Gasteiger partial charge < -0.3 is 15.5 Å². The molecule has 68 valence electrons. The Bertz CT molecular complexity index is 260. The first-order valence-corrected chi connectivity index (χ1v) is 3.27. The highest BCUT2D eigenvalue weighted by atomic mass is 35.5. The van der Waals surface area contributed by atoms with E-state index in [1.165, 1.54) is 6.26 Å². The first-order chi connectivity index (χ1) is 5.27. The van der Waals surface area contributed by atoms with Gasteiger partial charge in [-0.05, 0) is 6.07 Å².